The number of aryl methyl sites for hydroxylation is 1. The van der Waals surface area contributed by atoms with Crippen LogP contribution in [0.15, 0.2) is 30.9 Å². The summed E-state index contributed by atoms with van der Waals surface area (Å²) in [5, 5.41) is 5.22. The molecular weight excluding hydrogens is 216 g/mol. The molecule has 6 heteroatoms. The zero-order valence-corrected chi connectivity index (χ0v) is 9.20. The van der Waals surface area contributed by atoms with Crippen molar-refractivity contribution < 1.29 is 0 Å². The van der Waals surface area contributed by atoms with Crippen LogP contribution < -0.4 is 5.73 Å². The van der Waals surface area contributed by atoms with Crippen LogP contribution in [-0.4, -0.2) is 24.7 Å². The van der Waals surface area contributed by atoms with E-state index in [1.165, 1.54) is 6.33 Å². The summed E-state index contributed by atoms with van der Waals surface area (Å²) in [6.45, 7) is 1.89. The van der Waals surface area contributed by atoms with Gasteiger partial charge in [0.05, 0.1) is 16.8 Å². The molecule has 0 bridgehead atoms. The maximum Gasteiger partial charge on any atom is 0.168 e. The number of hydrogen-bond donors (Lipinski definition) is 1. The second kappa shape index (κ2) is 3.51. The van der Waals surface area contributed by atoms with E-state index in [9.17, 15) is 0 Å². The third-order valence-electron chi connectivity index (χ3n) is 2.58. The largest absolute Gasteiger partial charge is 0.383 e. The number of aromatic nitrogens is 5. The Morgan fingerprint density at radius 3 is 2.71 bits per heavy atom. The van der Waals surface area contributed by atoms with E-state index in [1.807, 2.05) is 19.1 Å². The van der Waals surface area contributed by atoms with Crippen LogP contribution in [0.4, 0.5) is 5.82 Å². The minimum atomic E-state index is 0.452. The van der Waals surface area contributed by atoms with Crippen molar-refractivity contribution in [2.45, 2.75) is 6.92 Å². The van der Waals surface area contributed by atoms with Crippen LogP contribution in [0.2, 0.25) is 0 Å². The summed E-state index contributed by atoms with van der Waals surface area (Å²) in [4.78, 5) is 12.2. The van der Waals surface area contributed by atoms with Gasteiger partial charge in [0.15, 0.2) is 5.65 Å². The maximum atomic E-state index is 5.83. The van der Waals surface area contributed by atoms with Crippen molar-refractivity contribution in [1.82, 2.24) is 24.7 Å². The van der Waals surface area contributed by atoms with Crippen LogP contribution in [0.25, 0.3) is 16.7 Å². The topological polar surface area (TPSA) is 82.5 Å². The molecule has 0 aliphatic carbocycles. The van der Waals surface area contributed by atoms with Gasteiger partial charge in [0.25, 0.3) is 0 Å². The number of nitrogens with two attached hydrogens (primary N) is 1. The predicted octanol–water partition coefficient (Wildman–Crippen LogP) is 1.10. The monoisotopic (exact) mass is 226 g/mol. The number of nitrogen functional groups attached to an aromatic ring is 1. The minimum absolute atomic E-state index is 0.452. The summed E-state index contributed by atoms with van der Waals surface area (Å²) < 4.78 is 1.74. The van der Waals surface area contributed by atoms with Crippen LogP contribution in [0, 0.1) is 6.92 Å². The molecule has 6 nitrogen and oxygen atoms in total. The first-order chi connectivity index (χ1) is 8.27. The Bertz CT molecular complexity index is 673. The lowest BCUT2D eigenvalue weighted by Crippen LogP contribution is -1.98. The molecule has 3 aromatic rings. The van der Waals surface area contributed by atoms with Gasteiger partial charge in [0.1, 0.15) is 12.1 Å². The van der Waals surface area contributed by atoms with Crippen LogP contribution in [0.1, 0.15) is 5.69 Å². The molecule has 0 unspecified atom stereocenters. The van der Waals surface area contributed by atoms with Gasteiger partial charge in [-0.1, -0.05) is 0 Å². The van der Waals surface area contributed by atoms with E-state index in [0.717, 1.165) is 16.8 Å². The first kappa shape index (κ1) is 9.71. The van der Waals surface area contributed by atoms with Crippen LogP contribution in [-0.2, 0) is 0 Å². The molecule has 2 N–H and O–H groups in total. The maximum absolute atomic E-state index is 5.83. The first-order valence-electron chi connectivity index (χ1n) is 5.13. The van der Waals surface area contributed by atoms with Gasteiger partial charge in [-0.2, -0.15) is 5.10 Å². The number of fused-ring (bicyclic) bond motifs is 1. The van der Waals surface area contributed by atoms with Crippen molar-refractivity contribution in [3.05, 3.63) is 36.5 Å². The summed E-state index contributed by atoms with van der Waals surface area (Å²) in [5.74, 6) is 0.452. The molecule has 0 aliphatic heterocycles. The van der Waals surface area contributed by atoms with Crippen molar-refractivity contribution in [3.8, 4) is 5.69 Å². The lowest BCUT2D eigenvalue weighted by Gasteiger charge is -2.01. The molecule has 17 heavy (non-hydrogen) atoms. The quantitative estimate of drug-likeness (QED) is 0.671. The molecule has 0 saturated carbocycles. The van der Waals surface area contributed by atoms with E-state index in [-0.39, 0.29) is 0 Å². The van der Waals surface area contributed by atoms with E-state index in [0.29, 0.717) is 11.5 Å². The molecule has 0 amide bonds. The van der Waals surface area contributed by atoms with Gasteiger partial charge in [0, 0.05) is 12.4 Å². The average Bonchev–Trinajstić information content (AvgIpc) is 2.69. The Labute approximate surface area is 97.1 Å². The zero-order chi connectivity index (χ0) is 11.8. The van der Waals surface area contributed by atoms with Gasteiger partial charge < -0.3 is 5.73 Å². The molecule has 0 fully saturated rings. The number of anilines is 1. The Hall–Kier alpha value is -2.50. The number of hydrogen-bond acceptors (Lipinski definition) is 5. The Morgan fingerprint density at radius 2 is 1.94 bits per heavy atom. The Balaban J connectivity index is 2.36. The summed E-state index contributed by atoms with van der Waals surface area (Å²) in [7, 11) is 0. The highest BCUT2D eigenvalue weighted by Crippen LogP contribution is 2.22. The molecule has 3 aromatic heterocycles. The molecule has 0 radical (unpaired) electrons. The zero-order valence-electron chi connectivity index (χ0n) is 9.20. The molecule has 0 atom stereocenters. The highest BCUT2D eigenvalue weighted by atomic mass is 15.3. The van der Waals surface area contributed by atoms with Crippen molar-refractivity contribution in [1.29, 1.82) is 0 Å². The Morgan fingerprint density at radius 1 is 1.18 bits per heavy atom. The summed E-state index contributed by atoms with van der Waals surface area (Å²) in [5.41, 5.74) is 8.26. The highest BCUT2D eigenvalue weighted by molar-refractivity contribution is 5.88. The van der Waals surface area contributed by atoms with Crippen molar-refractivity contribution >= 4 is 16.9 Å². The lowest BCUT2D eigenvalue weighted by molar-refractivity contribution is 0.874. The van der Waals surface area contributed by atoms with Crippen molar-refractivity contribution in [3.63, 3.8) is 0 Å². The second-order valence-electron chi connectivity index (χ2n) is 3.66. The Kier molecular flexibility index (Phi) is 2.01. The number of nitrogens with zero attached hydrogens (tertiary/aromatic N) is 5. The standard InChI is InChI=1S/C11H10N6/c1-7-9-10(12)14-6-15-11(9)17(16-7)8-2-4-13-5-3-8/h2-6H,1H3,(H2,12,14,15). The van der Waals surface area contributed by atoms with Gasteiger partial charge in [0.2, 0.25) is 0 Å². The minimum Gasteiger partial charge on any atom is -0.383 e. The molecular formula is C11H10N6. The van der Waals surface area contributed by atoms with Gasteiger partial charge in [-0.15, -0.1) is 0 Å². The van der Waals surface area contributed by atoms with E-state index in [1.54, 1.807) is 17.1 Å². The van der Waals surface area contributed by atoms with Crippen LogP contribution in [0.5, 0.6) is 0 Å². The third kappa shape index (κ3) is 1.42. The highest BCUT2D eigenvalue weighted by Gasteiger charge is 2.12. The predicted molar refractivity (Wildman–Crippen MR) is 63.6 cm³/mol. The van der Waals surface area contributed by atoms with E-state index >= 15 is 0 Å². The van der Waals surface area contributed by atoms with Gasteiger partial charge in [-0.3, -0.25) is 4.98 Å². The molecule has 0 aliphatic rings. The van der Waals surface area contributed by atoms with E-state index < -0.39 is 0 Å². The number of pyridine rings is 1. The van der Waals surface area contributed by atoms with Gasteiger partial charge in [-0.05, 0) is 19.1 Å². The average molecular weight is 226 g/mol. The fourth-order valence-electron chi connectivity index (χ4n) is 1.81. The van der Waals surface area contributed by atoms with Gasteiger partial charge in [-0.25, -0.2) is 14.6 Å². The third-order valence-corrected chi connectivity index (χ3v) is 2.58. The van der Waals surface area contributed by atoms with E-state index in [2.05, 4.69) is 20.1 Å². The SMILES string of the molecule is Cc1nn(-c2ccncc2)c2ncnc(N)c12. The van der Waals surface area contributed by atoms with Crippen LogP contribution in [0.3, 0.4) is 0 Å². The molecule has 3 rings (SSSR count). The lowest BCUT2D eigenvalue weighted by atomic mass is 10.3. The summed E-state index contributed by atoms with van der Waals surface area (Å²) in [6, 6.07) is 3.73. The summed E-state index contributed by atoms with van der Waals surface area (Å²) in [6.07, 6.45) is 4.86. The fraction of sp³-hybridized carbons (Fsp3) is 0.0909. The van der Waals surface area contributed by atoms with Gasteiger partial charge >= 0.3 is 0 Å². The second-order valence-corrected chi connectivity index (χ2v) is 3.66. The van der Waals surface area contributed by atoms with Crippen LogP contribution >= 0.6 is 0 Å². The molecule has 0 spiro atoms. The normalized spacial score (nSPS) is 10.9. The first-order valence-corrected chi connectivity index (χ1v) is 5.13. The van der Waals surface area contributed by atoms with Crippen molar-refractivity contribution in [2.24, 2.45) is 0 Å². The number of rotatable bonds is 1. The molecule has 84 valence electrons. The summed E-state index contributed by atoms with van der Waals surface area (Å²) >= 11 is 0. The fourth-order valence-corrected chi connectivity index (χ4v) is 1.81. The molecule has 0 aromatic carbocycles. The molecule has 0 saturated heterocycles. The van der Waals surface area contributed by atoms with Crippen molar-refractivity contribution in [2.75, 3.05) is 5.73 Å². The smallest absolute Gasteiger partial charge is 0.168 e. The van der Waals surface area contributed by atoms with E-state index in [4.69, 9.17) is 5.73 Å². The molecule has 3 heterocycles.